The average Bonchev–Trinajstić information content (AvgIpc) is 1.60. The maximum atomic E-state index is 14.0. The van der Waals surface area contributed by atoms with Crippen LogP contribution in [0.15, 0.2) is 181 Å². The summed E-state index contributed by atoms with van der Waals surface area (Å²) in [5.41, 5.74) is 3.04. The summed E-state index contributed by atoms with van der Waals surface area (Å²) < 4.78 is 33.1. The molecule has 5 atom stereocenters. The zero-order valence-electron chi connectivity index (χ0n) is 79.3. The number of fused-ring (bicyclic) bond motifs is 5. The number of halogens is 7. The van der Waals surface area contributed by atoms with Crippen molar-refractivity contribution in [1.29, 1.82) is 0 Å². The zero-order chi connectivity index (χ0) is 103. The fraction of sp³-hybridized carbons (Fsp3) is 0.324. The second kappa shape index (κ2) is 42.6. The molecule has 144 heavy (non-hydrogen) atoms. The van der Waals surface area contributed by atoms with Crippen molar-refractivity contribution in [2.45, 2.75) is 179 Å². The molecule has 0 bridgehead atoms. The quantitative estimate of drug-likeness (QED) is 0.0595. The molecule has 0 aliphatic carbocycles. The second-order valence-corrected chi connectivity index (χ2v) is 41.0. The highest BCUT2D eigenvalue weighted by molar-refractivity contribution is 7.81. The fourth-order valence-electron chi connectivity index (χ4n) is 19.3. The van der Waals surface area contributed by atoms with Crippen LogP contribution >= 0.6 is 119 Å². The maximum Gasteiger partial charge on any atom is 0.291 e. The van der Waals surface area contributed by atoms with Crippen LogP contribution in [0.2, 0.25) is 25.1 Å². The highest BCUT2D eigenvalue weighted by Crippen LogP contribution is 2.49. The number of anilines is 10. The number of hydrogen-bond donors (Lipinski definition) is 5. The minimum atomic E-state index is -0.717. The smallest absolute Gasteiger partial charge is 0.291 e. The van der Waals surface area contributed by atoms with Crippen LogP contribution < -0.4 is 51.1 Å². The summed E-state index contributed by atoms with van der Waals surface area (Å²) in [6, 6.07) is 42.1. The van der Waals surface area contributed by atoms with Crippen LogP contribution in [0.4, 0.5) is 65.7 Å². The summed E-state index contributed by atoms with van der Waals surface area (Å²) in [4.78, 5) is 161. The third-order valence-electron chi connectivity index (χ3n) is 27.3. The van der Waals surface area contributed by atoms with Gasteiger partial charge in [0.1, 0.15) is 44.8 Å². The standard InChI is InChI=1S/C21H20ClFN4O2S.C21H21ClN4O2S.C20H18ClFN4O2S.C20H19ClN4O2S.C20H20ClN3O3S/c1-12-9-15(23)17(24-11-12)18(28)25-13-5-6-16(14(22)10-13)27-19(29)21(2)7-3-4-8-26(21)20(27)30;1-13-6-5-7-16(23-13)18(27)24-14-8-9-17(15(22)12-14)26-19(28)21(2)10-3-4-11-25(21)20(26)29;1-20-8-2-3-10-25(20)19(29)26(18(20)28)15-7-6-12(11-13(15)21)24-17(27)16-14(22)5-4-9-23-16;1-20-9-3-5-11-24(20)19(28)25(18(20)27)16-8-7-13(12-14(16)21)23-17(26)15-6-2-4-10-22-15;1-12-5-8-16(27-12)17(25)22-13-6-7-15(14(21)11-13)24-18(26)20(2)9-3-4-10-23(20)19(24)28/h5-6,9-11H,3-4,7-8H2,1-2H3,(H,25,28);5-9,12H,3-4,10-11H2,1-2H3,(H,24,27);4-7,9,11H,2-3,8,10H2,1H3,(H,24,27);2,4,6-8,10,12H,3,5,9,11H2,1H3,(H,23,26);5-8,11H,3-4,9-10H2,1-2H3,(H,22,25). The van der Waals surface area contributed by atoms with Crippen molar-refractivity contribution < 1.29 is 61.1 Å². The molecule has 0 radical (unpaired) electrons. The van der Waals surface area contributed by atoms with Gasteiger partial charge in [0.15, 0.2) is 54.3 Å². The lowest BCUT2D eigenvalue weighted by atomic mass is 9.89. The minimum Gasteiger partial charge on any atom is -0.456 e. The Morgan fingerprint density at radius 1 is 0.340 bits per heavy atom. The van der Waals surface area contributed by atoms with Gasteiger partial charge in [-0.3, -0.25) is 77.4 Å². The van der Waals surface area contributed by atoms with E-state index in [4.69, 9.17) is 124 Å². The van der Waals surface area contributed by atoms with Crippen molar-refractivity contribution in [1.82, 2.24) is 44.4 Å². The number of aromatic nitrogens is 4. The fourth-order valence-corrected chi connectivity index (χ4v) is 23.0. The molecular weight excluding hydrogens is 2040 g/mol. The largest absolute Gasteiger partial charge is 0.456 e. The maximum absolute atomic E-state index is 14.0. The van der Waals surface area contributed by atoms with Crippen LogP contribution in [-0.4, -0.2) is 189 Å². The number of carbonyl (C=O) groups is 10. The first-order valence-corrected chi connectivity index (χ1v) is 50.5. The third kappa shape index (κ3) is 20.4. The Hall–Kier alpha value is -12.6. The number of benzene rings is 5. The molecule has 5 aromatic carbocycles. The molecule has 0 saturated carbocycles. The zero-order valence-corrected chi connectivity index (χ0v) is 87.2. The first-order chi connectivity index (χ1) is 68.6. The third-order valence-corrected chi connectivity index (χ3v) is 30.8. The van der Waals surface area contributed by atoms with Crippen molar-refractivity contribution >= 4 is 261 Å². The summed E-state index contributed by atoms with van der Waals surface area (Å²) in [5, 5.41) is 17.3. The molecule has 10 saturated heterocycles. The number of nitrogens with zero attached hydrogens (tertiary/aromatic N) is 14. The predicted octanol–water partition coefficient (Wildman–Crippen LogP) is 20.7. The van der Waals surface area contributed by atoms with Gasteiger partial charge in [-0.25, -0.2) is 23.7 Å². The van der Waals surface area contributed by atoms with E-state index in [1.165, 1.54) is 61.2 Å². The lowest BCUT2D eigenvalue weighted by Crippen LogP contribution is -2.49. The van der Waals surface area contributed by atoms with E-state index in [9.17, 15) is 56.7 Å². The van der Waals surface area contributed by atoms with E-state index in [0.717, 1.165) is 141 Å². The van der Waals surface area contributed by atoms with Gasteiger partial charge < -0.3 is 55.5 Å². The van der Waals surface area contributed by atoms with Gasteiger partial charge in [-0.2, -0.15) is 0 Å². The summed E-state index contributed by atoms with van der Waals surface area (Å²) in [7, 11) is 0. The molecule has 746 valence electrons. The van der Waals surface area contributed by atoms with Gasteiger partial charge in [0.25, 0.3) is 59.1 Å². The summed E-state index contributed by atoms with van der Waals surface area (Å²) >= 11 is 60.2. The Labute approximate surface area is 881 Å². The monoisotopic (exact) mass is 2140 g/mol. The molecule has 20 rings (SSSR count). The number of thiocarbonyl (C=S) groups is 5. The lowest BCUT2D eigenvalue weighted by molar-refractivity contribution is -0.125. The van der Waals surface area contributed by atoms with Gasteiger partial charge in [0.05, 0.1) is 53.6 Å². The van der Waals surface area contributed by atoms with Crippen molar-refractivity contribution in [3.8, 4) is 0 Å². The molecule has 10 amide bonds. The Balaban J connectivity index is 0.000000129. The number of hydrogen-bond acceptors (Lipinski definition) is 20. The number of carbonyl (C=O) groups excluding carboxylic acids is 10. The molecule has 0 spiro atoms. The summed E-state index contributed by atoms with van der Waals surface area (Å²) in [6.07, 6.45) is 18.1. The van der Waals surface area contributed by atoms with Gasteiger partial charge in [-0.05, 0) is 364 Å². The van der Waals surface area contributed by atoms with Gasteiger partial charge in [0.2, 0.25) is 0 Å². The van der Waals surface area contributed by atoms with Crippen molar-refractivity contribution in [2.75, 3.05) is 83.8 Å². The highest BCUT2D eigenvalue weighted by Gasteiger charge is 2.59. The number of rotatable bonds is 15. The van der Waals surface area contributed by atoms with Crippen LogP contribution in [0.1, 0.15) is 200 Å². The Kier molecular flexibility index (Phi) is 30.9. The van der Waals surface area contributed by atoms with Gasteiger partial charge in [-0.15, -0.1) is 0 Å². The van der Waals surface area contributed by atoms with Crippen molar-refractivity contribution in [3.05, 3.63) is 259 Å². The van der Waals surface area contributed by atoms with E-state index < -0.39 is 51.1 Å². The molecule has 15 heterocycles. The summed E-state index contributed by atoms with van der Waals surface area (Å²) in [5.74, 6) is -3.30. The number of piperidine rings is 5. The van der Waals surface area contributed by atoms with E-state index in [0.29, 0.717) is 120 Å². The predicted molar refractivity (Wildman–Crippen MR) is 572 cm³/mol. The molecular formula is C102H98Cl5F2N19O11S5. The molecule has 10 aliphatic heterocycles. The molecule has 42 heteroatoms. The van der Waals surface area contributed by atoms with Crippen molar-refractivity contribution in [3.63, 3.8) is 0 Å². The summed E-state index contributed by atoms with van der Waals surface area (Å²) in [6.45, 7) is 18.7. The van der Waals surface area contributed by atoms with Crippen LogP contribution in [-0.2, 0) is 24.0 Å². The van der Waals surface area contributed by atoms with Gasteiger partial charge >= 0.3 is 0 Å². The normalized spacial score (nSPS) is 21.4. The van der Waals surface area contributed by atoms with Gasteiger partial charge in [-0.1, -0.05) is 70.1 Å². The second-order valence-electron chi connectivity index (χ2n) is 37.1. The topological polar surface area (TPSA) is 328 Å². The van der Waals surface area contributed by atoms with Crippen LogP contribution in [0.5, 0.6) is 0 Å². The molecule has 5 unspecified atom stereocenters. The van der Waals surface area contributed by atoms with E-state index in [1.807, 2.05) is 72.1 Å². The lowest BCUT2D eigenvalue weighted by Gasteiger charge is -2.36. The van der Waals surface area contributed by atoms with E-state index in [2.05, 4.69) is 46.5 Å². The Morgan fingerprint density at radius 2 is 0.653 bits per heavy atom. The molecule has 5 aromatic heterocycles. The number of amides is 10. The molecule has 10 aromatic rings. The SMILES string of the molecule is CC12CCCCN1C(=S)N(c1ccc(NC(=O)c3ccccn3)cc1Cl)C2=O.CC12CCCCN1C(=S)N(c1ccc(NC(=O)c3ncccc3F)cc1Cl)C2=O.Cc1ccc(C(=O)Nc2ccc(N3C(=O)C4(C)CCCCN4C3=S)c(Cl)c2)o1.Cc1cccc(C(=O)Nc2ccc(N3C(=O)C4(C)CCCCN4C3=S)c(Cl)c2)n1.Cc1cnc(C(=O)Nc2ccc(N3C(=O)C4(C)CCCCN4C3=S)c(Cl)c2)c(F)c1. The first-order valence-electron chi connectivity index (χ1n) is 46.6. The molecule has 10 fully saturated rings. The van der Waals surface area contributed by atoms with E-state index in [-0.39, 0.29) is 74.5 Å². The number of aryl methyl sites for hydroxylation is 3. The Bertz CT molecular complexity index is 6980. The average molecular weight is 2140 g/mol. The van der Waals surface area contributed by atoms with Gasteiger partial charge in [0, 0.05) is 85.4 Å². The van der Waals surface area contributed by atoms with Crippen LogP contribution in [0.3, 0.4) is 0 Å². The number of nitrogens with one attached hydrogen (secondary N) is 5. The van der Waals surface area contributed by atoms with E-state index in [1.54, 1.807) is 141 Å². The van der Waals surface area contributed by atoms with Crippen LogP contribution in [0.25, 0.3) is 0 Å². The number of pyridine rings is 4. The van der Waals surface area contributed by atoms with E-state index >= 15 is 0 Å². The minimum absolute atomic E-state index is 0.0511. The highest BCUT2D eigenvalue weighted by atomic mass is 35.5. The Morgan fingerprint density at radius 3 is 0.944 bits per heavy atom. The number of furan rings is 1. The van der Waals surface area contributed by atoms with Crippen molar-refractivity contribution in [2.24, 2.45) is 0 Å². The molecule has 30 nitrogen and oxygen atoms in total. The van der Waals surface area contributed by atoms with Crippen LogP contribution in [0, 0.1) is 32.4 Å². The first kappa shape index (κ1) is 104. The molecule has 5 N–H and O–H groups in total. The molecule has 10 aliphatic rings.